The van der Waals surface area contributed by atoms with Gasteiger partial charge in [-0.3, -0.25) is 4.79 Å². The topological polar surface area (TPSA) is 38.1 Å². The second kappa shape index (κ2) is 7.65. The molecule has 2 fully saturated rings. The molecule has 8 heteroatoms. The van der Waals surface area contributed by atoms with Crippen LogP contribution in [0.1, 0.15) is 24.8 Å². The van der Waals surface area contributed by atoms with Crippen molar-refractivity contribution in [3.63, 3.8) is 0 Å². The molecule has 2 heterocycles. The highest BCUT2D eigenvalue weighted by atomic mass is 79.9. The van der Waals surface area contributed by atoms with E-state index in [1.54, 1.807) is 0 Å². The largest absolute Gasteiger partial charge is 0.416 e. The van der Waals surface area contributed by atoms with Gasteiger partial charge >= 0.3 is 6.18 Å². The van der Waals surface area contributed by atoms with Crippen LogP contribution in [0.2, 0.25) is 0 Å². The maximum atomic E-state index is 13.4. The first kappa shape index (κ1) is 20.5. The number of hydrogen-bond acceptors (Lipinski definition) is 2. The number of amides is 1. The number of benzene rings is 2. The minimum Gasteiger partial charge on any atom is -0.342 e. The van der Waals surface area contributed by atoms with Crippen LogP contribution in [0.25, 0.3) is 22.4 Å². The number of likely N-dealkylation sites (tertiary alicyclic amines) is 1. The van der Waals surface area contributed by atoms with E-state index < -0.39 is 11.7 Å². The summed E-state index contributed by atoms with van der Waals surface area (Å²) in [5.41, 5.74) is 1.17. The molecule has 0 N–H and O–H groups in total. The molecule has 1 amide bonds. The number of aromatic nitrogens is 2. The molecule has 1 aromatic heterocycles. The van der Waals surface area contributed by atoms with Gasteiger partial charge in [-0.05, 0) is 55.5 Å². The Hall–Kier alpha value is -2.35. The van der Waals surface area contributed by atoms with E-state index in [9.17, 15) is 18.0 Å². The van der Waals surface area contributed by atoms with Crippen molar-refractivity contribution in [1.29, 1.82) is 0 Å². The molecule has 0 unspecified atom stereocenters. The maximum Gasteiger partial charge on any atom is 0.416 e. The molecule has 4 nitrogen and oxygen atoms in total. The molecule has 31 heavy (non-hydrogen) atoms. The molecule has 0 bridgehead atoms. The van der Waals surface area contributed by atoms with E-state index in [-0.39, 0.29) is 17.7 Å². The van der Waals surface area contributed by atoms with Gasteiger partial charge in [0, 0.05) is 35.6 Å². The van der Waals surface area contributed by atoms with Gasteiger partial charge in [0.1, 0.15) is 5.82 Å². The fraction of sp³-hybridized carbons (Fsp3) is 0.391. The van der Waals surface area contributed by atoms with Gasteiger partial charge in [-0.25, -0.2) is 4.98 Å². The SMILES string of the molecule is O=C(C1CC1)N1CC[C@H](Cn2c(-c3ccc(Br)cc3)nc3ccc(C(F)(F)F)cc32)C1. The van der Waals surface area contributed by atoms with E-state index in [0.29, 0.717) is 36.5 Å². The molecule has 1 saturated heterocycles. The lowest BCUT2D eigenvalue weighted by Crippen LogP contribution is -2.30. The molecule has 3 aromatic rings. The van der Waals surface area contributed by atoms with Crippen LogP contribution in [0.5, 0.6) is 0 Å². The summed E-state index contributed by atoms with van der Waals surface area (Å²) >= 11 is 3.42. The van der Waals surface area contributed by atoms with E-state index in [2.05, 4.69) is 20.9 Å². The molecule has 5 rings (SSSR count). The van der Waals surface area contributed by atoms with Crippen molar-refractivity contribution in [3.05, 3.63) is 52.5 Å². The Labute approximate surface area is 186 Å². The van der Waals surface area contributed by atoms with Crippen molar-refractivity contribution in [2.45, 2.75) is 32.0 Å². The van der Waals surface area contributed by atoms with Crippen LogP contribution in [0.15, 0.2) is 46.9 Å². The average molecular weight is 492 g/mol. The predicted octanol–water partition coefficient (Wildman–Crippen LogP) is 5.74. The first-order valence-electron chi connectivity index (χ1n) is 10.4. The molecule has 1 saturated carbocycles. The first-order valence-corrected chi connectivity index (χ1v) is 11.2. The highest BCUT2D eigenvalue weighted by Crippen LogP contribution is 2.36. The minimum absolute atomic E-state index is 0.181. The Morgan fingerprint density at radius 2 is 1.84 bits per heavy atom. The zero-order chi connectivity index (χ0) is 21.8. The molecule has 1 aliphatic carbocycles. The highest BCUT2D eigenvalue weighted by molar-refractivity contribution is 9.10. The smallest absolute Gasteiger partial charge is 0.342 e. The van der Waals surface area contributed by atoms with E-state index in [1.807, 2.05) is 33.7 Å². The standard InChI is InChI=1S/C23H21BrF3N3O/c24-18-6-3-15(4-7-18)21-28-19-8-5-17(23(25,26)27)11-20(19)30(21)13-14-9-10-29(12-14)22(31)16-1-2-16/h3-8,11,14,16H,1-2,9-10,12-13H2/t14-/m0/s1. The van der Waals surface area contributed by atoms with Crippen LogP contribution in [0.4, 0.5) is 13.2 Å². The summed E-state index contributed by atoms with van der Waals surface area (Å²) in [5.74, 6) is 1.24. The Bertz CT molecular complexity index is 1140. The van der Waals surface area contributed by atoms with E-state index in [1.165, 1.54) is 12.1 Å². The molecular weight excluding hydrogens is 471 g/mol. The van der Waals surface area contributed by atoms with Gasteiger partial charge in [-0.1, -0.05) is 28.1 Å². The van der Waals surface area contributed by atoms with Gasteiger partial charge in [0.25, 0.3) is 0 Å². The summed E-state index contributed by atoms with van der Waals surface area (Å²) in [6.07, 6.45) is -1.63. The summed E-state index contributed by atoms with van der Waals surface area (Å²) in [5, 5.41) is 0. The van der Waals surface area contributed by atoms with Crippen molar-refractivity contribution in [1.82, 2.24) is 14.5 Å². The lowest BCUT2D eigenvalue weighted by atomic mass is 10.1. The van der Waals surface area contributed by atoms with Gasteiger partial charge in [0.05, 0.1) is 16.6 Å². The second-order valence-electron chi connectivity index (χ2n) is 8.47. The summed E-state index contributed by atoms with van der Waals surface area (Å²) in [6.45, 7) is 1.89. The molecule has 2 aromatic carbocycles. The van der Waals surface area contributed by atoms with Gasteiger partial charge in [-0.15, -0.1) is 0 Å². The molecule has 162 valence electrons. The number of hydrogen-bond donors (Lipinski definition) is 0. The van der Waals surface area contributed by atoms with Gasteiger partial charge in [0.2, 0.25) is 5.91 Å². The Morgan fingerprint density at radius 3 is 2.52 bits per heavy atom. The molecule has 0 radical (unpaired) electrons. The number of rotatable bonds is 4. The summed E-state index contributed by atoms with van der Waals surface area (Å²) in [7, 11) is 0. The first-order chi connectivity index (χ1) is 14.8. The van der Waals surface area contributed by atoms with Crippen LogP contribution < -0.4 is 0 Å². The number of alkyl halides is 3. The lowest BCUT2D eigenvalue weighted by Gasteiger charge is -2.18. The monoisotopic (exact) mass is 491 g/mol. The van der Waals surface area contributed by atoms with E-state index in [4.69, 9.17) is 0 Å². The Balaban J connectivity index is 1.52. The maximum absolute atomic E-state index is 13.4. The van der Waals surface area contributed by atoms with Crippen molar-refractivity contribution in [3.8, 4) is 11.4 Å². The van der Waals surface area contributed by atoms with E-state index >= 15 is 0 Å². The molecular formula is C23H21BrF3N3O. The number of halogens is 4. The number of fused-ring (bicyclic) bond motifs is 1. The Kier molecular flexibility index (Phi) is 5.07. The molecule has 1 aliphatic heterocycles. The fourth-order valence-corrected chi connectivity index (χ4v) is 4.60. The van der Waals surface area contributed by atoms with Crippen LogP contribution in [-0.4, -0.2) is 33.4 Å². The third kappa shape index (κ3) is 4.10. The number of imidazole rings is 1. The number of nitrogens with zero attached hydrogens (tertiary/aromatic N) is 3. The van der Waals surface area contributed by atoms with Crippen LogP contribution in [0, 0.1) is 11.8 Å². The highest BCUT2D eigenvalue weighted by Gasteiger charge is 2.37. The lowest BCUT2D eigenvalue weighted by molar-refractivity contribution is -0.137. The van der Waals surface area contributed by atoms with Gasteiger partial charge < -0.3 is 9.47 Å². The van der Waals surface area contributed by atoms with Crippen molar-refractivity contribution >= 4 is 32.9 Å². The third-order valence-electron chi connectivity index (χ3n) is 6.14. The summed E-state index contributed by atoms with van der Waals surface area (Å²) < 4.78 is 42.9. The zero-order valence-corrected chi connectivity index (χ0v) is 18.3. The third-order valence-corrected chi connectivity index (χ3v) is 6.67. The normalized spacial score (nSPS) is 19.4. The zero-order valence-electron chi connectivity index (χ0n) is 16.7. The van der Waals surface area contributed by atoms with E-state index in [0.717, 1.165) is 35.4 Å². The van der Waals surface area contributed by atoms with Crippen molar-refractivity contribution in [2.24, 2.45) is 11.8 Å². The summed E-state index contributed by atoms with van der Waals surface area (Å²) in [6, 6.07) is 11.3. The fourth-order valence-electron chi connectivity index (χ4n) is 4.33. The minimum atomic E-state index is -4.41. The summed E-state index contributed by atoms with van der Waals surface area (Å²) in [4.78, 5) is 19.0. The van der Waals surface area contributed by atoms with Gasteiger partial charge in [0.15, 0.2) is 0 Å². The Morgan fingerprint density at radius 1 is 1.10 bits per heavy atom. The van der Waals surface area contributed by atoms with Crippen LogP contribution in [0.3, 0.4) is 0 Å². The van der Waals surface area contributed by atoms with Gasteiger partial charge in [-0.2, -0.15) is 13.2 Å². The molecule has 2 aliphatic rings. The molecule has 0 spiro atoms. The second-order valence-corrected chi connectivity index (χ2v) is 9.38. The van der Waals surface area contributed by atoms with Crippen LogP contribution in [-0.2, 0) is 17.5 Å². The number of carbonyl (C=O) groups is 1. The average Bonchev–Trinajstić information content (AvgIpc) is 3.38. The molecule has 1 atom stereocenters. The van der Waals surface area contributed by atoms with Crippen LogP contribution >= 0.6 is 15.9 Å². The van der Waals surface area contributed by atoms with Crippen molar-refractivity contribution in [2.75, 3.05) is 13.1 Å². The van der Waals surface area contributed by atoms with Crippen molar-refractivity contribution < 1.29 is 18.0 Å². The predicted molar refractivity (Wildman–Crippen MR) is 115 cm³/mol. The quantitative estimate of drug-likeness (QED) is 0.466. The number of carbonyl (C=O) groups excluding carboxylic acids is 1.